The molecule has 0 unspecified atom stereocenters. The quantitative estimate of drug-likeness (QED) is 0.109. The molecule has 38 nitrogen and oxygen atoms in total. The van der Waals surface area contributed by atoms with E-state index in [0.717, 1.165) is 0 Å². The van der Waals surface area contributed by atoms with E-state index in [0.29, 0.717) is 0 Å². The van der Waals surface area contributed by atoms with Crippen LogP contribution in [0.2, 0.25) is 0 Å². The van der Waals surface area contributed by atoms with Crippen molar-refractivity contribution in [2.45, 2.75) is 0 Å². The van der Waals surface area contributed by atoms with Gasteiger partial charge in [-0.15, -0.1) is 62.0 Å². The first-order chi connectivity index (χ1) is 0. The maximum Gasteiger partial charge on any atom is -0.147 e. The first-order valence-electron chi connectivity index (χ1n) is 0. The summed E-state index contributed by atoms with van der Waals surface area (Å²) in [5.41, 5.74) is 0. The Kier molecular flexibility index (Phi) is 5140000000000. The van der Waals surface area contributed by atoms with Crippen molar-refractivity contribution < 1.29 is 0 Å². The van der Waals surface area contributed by atoms with Crippen molar-refractivity contribution in [2.75, 3.05) is 0 Å². The topological polar surface area (TPSA) is 1330 Å². The molecule has 43 heteroatoms. The van der Waals surface area contributed by atoms with Crippen molar-refractivity contribution in [3.63, 3.8) is 0 Å². The van der Waals surface area contributed by atoms with Gasteiger partial charge in [0.25, 0.3) is 0 Å². The van der Waals surface area contributed by atoms with Crippen LogP contribution in [0.5, 0.6) is 0 Å². The molecule has 0 aromatic carbocycles. The Morgan fingerprint density at radius 3 is 0.0465 bits per heavy atom. The summed E-state index contributed by atoms with van der Waals surface area (Å²) in [6.45, 7) is 0. The Balaban J connectivity index is 0. The smallest absolute Gasteiger partial charge is 0.147 e. The van der Waals surface area contributed by atoms with Gasteiger partial charge in [0.1, 0.15) is 0 Å². The maximum atomic E-state index is 0. The Hall–Kier alpha value is -0.0700. The highest BCUT2D eigenvalue weighted by atomic mass is 35.5. The van der Waals surface area contributed by atoms with Gasteiger partial charge in [0.05, 0.1) is 0 Å². The van der Waals surface area contributed by atoms with E-state index in [1.807, 2.05) is 0 Å². The molecule has 0 rings (SSSR count). The van der Waals surface area contributed by atoms with E-state index < -0.39 is 0 Å². The highest BCUT2D eigenvalue weighted by molar-refractivity contribution is 5.86. The van der Waals surface area contributed by atoms with Crippen molar-refractivity contribution in [2.24, 2.45) is 0 Å². The molecule has 0 aliphatic heterocycles. The van der Waals surface area contributed by atoms with Gasteiger partial charge in [-0.05, 0) is 0 Å². The summed E-state index contributed by atoms with van der Waals surface area (Å²) in [6, 6.07) is 0. The molecular weight excluding hydrogens is 710 g/mol. The predicted molar refractivity (Wildman–Crippen MR) is 227 cm³/mol. The van der Waals surface area contributed by atoms with Crippen molar-refractivity contribution in [1.29, 1.82) is 0 Å². The molecule has 43 heavy (non-hydrogen) atoms. The van der Waals surface area contributed by atoms with Crippen LogP contribution in [0.3, 0.4) is 0 Å². The van der Waals surface area contributed by atoms with Crippen LogP contribution in [0, 0.1) is 0 Å². The SMILES string of the molecule is Cl.Cl.Cl.Cl.Cl.N.N.N.N.N.N.N.N.N.N.N.N.N.N.N.N.N.N.N.N.N.N.N.N.N.N.N.N.N.N.N.N.N.N.N.N.N.N. The fourth-order valence-electron chi connectivity index (χ4n) is 0. The summed E-state index contributed by atoms with van der Waals surface area (Å²) in [5, 5.41) is 0. The molecule has 344 valence electrons. The van der Waals surface area contributed by atoms with Gasteiger partial charge in [0.2, 0.25) is 0 Å². The lowest BCUT2D eigenvalue weighted by atomic mass is 14.0. The van der Waals surface area contributed by atoms with Gasteiger partial charge in [-0.25, -0.2) is 0 Å². The summed E-state index contributed by atoms with van der Waals surface area (Å²) in [7, 11) is 0. The minimum atomic E-state index is 0. The highest BCUT2D eigenvalue weighted by Crippen LogP contribution is 0.694. The van der Waals surface area contributed by atoms with E-state index in [-0.39, 0.29) is 296 Å². The summed E-state index contributed by atoms with van der Waals surface area (Å²) >= 11 is 0. The van der Waals surface area contributed by atoms with Crippen LogP contribution in [-0.2, 0) is 0 Å². The number of rotatable bonds is 0. The molecule has 0 saturated carbocycles. The van der Waals surface area contributed by atoms with E-state index in [1.165, 1.54) is 0 Å². The largest absolute Gasteiger partial charge is 0.344 e. The standard InChI is InChI=1S/5ClH.38H3N/h5*1H;38*1H3. The molecule has 0 aliphatic rings. The van der Waals surface area contributed by atoms with Crippen molar-refractivity contribution in [3.05, 3.63) is 0 Å². The third-order valence-corrected chi connectivity index (χ3v) is 0. The van der Waals surface area contributed by atoms with Crippen LogP contribution in [-0.4, -0.2) is 0 Å². The summed E-state index contributed by atoms with van der Waals surface area (Å²) < 4.78 is 0. The fourth-order valence-corrected chi connectivity index (χ4v) is 0. The zero-order chi connectivity index (χ0) is 0. The number of hydrogen-bond acceptors (Lipinski definition) is 38. The molecule has 0 heterocycles. The van der Waals surface area contributed by atoms with Crippen LogP contribution < -0.4 is 234 Å². The monoisotopic (exact) mass is 827 g/mol. The van der Waals surface area contributed by atoms with Gasteiger partial charge in [-0.2, -0.15) is 0 Å². The van der Waals surface area contributed by atoms with Crippen molar-refractivity contribution >= 4 is 62.0 Å². The minimum absolute atomic E-state index is 0. The molecule has 0 saturated heterocycles. The molecular formula is H119Cl5N38. The molecule has 0 aromatic heterocycles. The number of hydrogen-bond donors (Lipinski definition) is 38. The number of halogens is 5. The van der Waals surface area contributed by atoms with E-state index in [9.17, 15) is 0 Å². The second-order valence-electron chi connectivity index (χ2n) is 0. The normalized spacial score (nSPS) is 0. The van der Waals surface area contributed by atoms with Gasteiger partial charge in [0.15, 0.2) is 0 Å². The highest BCUT2D eigenvalue weighted by Gasteiger charge is -0.141. The fraction of sp³-hybridized carbons (Fsp3) is 0. The first-order valence-corrected chi connectivity index (χ1v) is 0. The van der Waals surface area contributed by atoms with E-state index in [1.54, 1.807) is 0 Å². The average molecular weight is 829 g/mol. The molecule has 114 N–H and O–H groups in total. The minimum Gasteiger partial charge on any atom is -0.344 e. The Morgan fingerprint density at radius 2 is 0.0465 bits per heavy atom. The molecule has 0 radical (unpaired) electrons. The van der Waals surface area contributed by atoms with E-state index in [2.05, 4.69) is 0 Å². The van der Waals surface area contributed by atoms with Crippen LogP contribution in [0.25, 0.3) is 0 Å². The summed E-state index contributed by atoms with van der Waals surface area (Å²) in [5.74, 6) is 0. The van der Waals surface area contributed by atoms with E-state index in [4.69, 9.17) is 0 Å². The average Bonchev–Trinajstić information content (AvgIpc) is 0. The Labute approximate surface area is 295 Å². The van der Waals surface area contributed by atoms with Crippen LogP contribution in [0.15, 0.2) is 0 Å². The van der Waals surface area contributed by atoms with E-state index >= 15 is 0 Å². The summed E-state index contributed by atoms with van der Waals surface area (Å²) in [4.78, 5) is 0. The Morgan fingerprint density at radius 1 is 0.0465 bits per heavy atom. The summed E-state index contributed by atoms with van der Waals surface area (Å²) in [6.07, 6.45) is 0. The molecule has 0 atom stereocenters. The zero-order valence-electron chi connectivity index (χ0n) is 28.9. The third-order valence-electron chi connectivity index (χ3n) is 0. The van der Waals surface area contributed by atoms with Crippen LogP contribution in [0.1, 0.15) is 0 Å². The Bertz CT molecular complexity index is 22.3. The zero-order valence-corrected chi connectivity index (χ0v) is 33.0. The van der Waals surface area contributed by atoms with Gasteiger partial charge in [-0.3, -0.25) is 0 Å². The van der Waals surface area contributed by atoms with Gasteiger partial charge in [0, 0.05) is 0 Å². The molecule has 0 aliphatic carbocycles. The van der Waals surface area contributed by atoms with Gasteiger partial charge < -0.3 is 234 Å². The lowest BCUT2D eigenvalue weighted by molar-refractivity contribution is 2.13. The van der Waals surface area contributed by atoms with Gasteiger partial charge in [-0.1, -0.05) is 0 Å². The first kappa shape index (κ1) is 15400000. The maximum absolute atomic E-state index is 0. The molecule has 0 aromatic rings. The molecule has 0 fully saturated rings. The second kappa shape index (κ2) is 14300000. The lowest BCUT2D eigenvalue weighted by Crippen LogP contribution is -0.482. The molecule has 0 bridgehead atoms. The van der Waals surface area contributed by atoms with Gasteiger partial charge >= 0.3 is 0 Å². The van der Waals surface area contributed by atoms with Crippen molar-refractivity contribution in [3.8, 4) is 0 Å². The predicted octanol–water partition coefficient (Wildman–Crippen LogP) is 8.26. The molecule has 0 spiro atoms. The molecule has 0 amide bonds. The van der Waals surface area contributed by atoms with Crippen molar-refractivity contribution in [1.82, 2.24) is 234 Å². The second-order valence-corrected chi connectivity index (χ2v) is 0. The van der Waals surface area contributed by atoms with Crippen LogP contribution >= 0.6 is 62.0 Å². The van der Waals surface area contributed by atoms with Crippen LogP contribution in [0.4, 0.5) is 0 Å². The lowest BCUT2D eigenvalue weighted by Gasteiger charge is -0.345. The third kappa shape index (κ3) is 13600000.